The number of hydrogen-bond donors (Lipinski definition) is 1. The quantitative estimate of drug-likeness (QED) is 0.682. The van der Waals surface area contributed by atoms with Crippen LogP contribution in [0.1, 0.15) is 11.1 Å². The summed E-state index contributed by atoms with van der Waals surface area (Å²) in [4.78, 5) is 7.94. The van der Waals surface area contributed by atoms with Gasteiger partial charge in [-0.3, -0.25) is 0 Å². The Balaban J connectivity index is 2.13. The van der Waals surface area contributed by atoms with Crippen LogP contribution < -0.4 is 0 Å². The summed E-state index contributed by atoms with van der Waals surface area (Å²) in [6.07, 6.45) is 0. The Morgan fingerprint density at radius 3 is 2.83 bits per heavy atom. The van der Waals surface area contributed by atoms with Crippen LogP contribution in [0.4, 0.5) is 0 Å². The Bertz CT molecular complexity index is 701. The summed E-state index contributed by atoms with van der Waals surface area (Å²) in [5.74, 6) is 1.43. The SMILES string of the molecule is Cc1cccc(-c2nc3ccc(CCl)cc3[nH]2)c1. The maximum atomic E-state index is 5.84. The van der Waals surface area contributed by atoms with Crippen molar-refractivity contribution in [2.45, 2.75) is 12.8 Å². The van der Waals surface area contributed by atoms with E-state index in [0.717, 1.165) is 28.0 Å². The number of H-pyrrole nitrogens is 1. The van der Waals surface area contributed by atoms with Crippen molar-refractivity contribution in [3.63, 3.8) is 0 Å². The molecule has 0 radical (unpaired) electrons. The van der Waals surface area contributed by atoms with Crippen LogP contribution in [0.15, 0.2) is 42.5 Å². The molecule has 0 amide bonds. The van der Waals surface area contributed by atoms with Crippen molar-refractivity contribution in [3.05, 3.63) is 53.6 Å². The minimum atomic E-state index is 0.523. The van der Waals surface area contributed by atoms with Crippen molar-refractivity contribution in [3.8, 4) is 11.4 Å². The molecule has 1 aromatic heterocycles. The van der Waals surface area contributed by atoms with Crippen molar-refractivity contribution in [1.29, 1.82) is 0 Å². The fourth-order valence-corrected chi connectivity index (χ4v) is 2.24. The molecule has 1 N–H and O–H groups in total. The van der Waals surface area contributed by atoms with Gasteiger partial charge < -0.3 is 4.98 Å². The van der Waals surface area contributed by atoms with Crippen molar-refractivity contribution in [1.82, 2.24) is 9.97 Å². The first-order valence-electron chi connectivity index (χ1n) is 5.88. The van der Waals surface area contributed by atoms with E-state index < -0.39 is 0 Å². The van der Waals surface area contributed by atoms with E-state index in [2.05, 4.69) is 41.2 Å². The number of aryl methyl sites for hydroxylation is 1. The molecule has 0 saturated heterocycles. The van der Waals surface area contributed by atoms with Gasteiger partial charge in [0.25, 0.3) is 0 Å². The molecule has 3 heteroatoms. The topological polar surface area (TPSA) is 28.7 Å². The third-order valence-electron chi connectivity index (χ3n) is 2.99. The third-order valence-corrected chi connectivity index (χ3v) is 3.30. The number of nitrogens with one attached hydrogen (secondary N) is 1. The first-order chi connectivity index (χ1) is 8.76. The van der Waals surface area contributed by atoms with Gasteiger partial charge in [0.15, 0.2) is 0 Å². The largest absolute Gasteiger partial charge is 0.338 e. The van der Waals surface area contributed by atoms with Gasteiger partial charge in [0, 0.05) is 11.4 Å². The molecule has 90 valence electrons. The summed E-state index contributed by atoms with van der Waals surface area (Å²) >= 11 is 5.84. The highest BCUT2D eigenvalue weighted by molar-refractivity contribution is 6.17. The molecule has 3 aromatic rings. The lowest BCUT2D eigenvalue weighted by Gasteiger charge is -1.97. The molecular weight excluding hydrogens is 244 g/mol. The lowest BCUT2D eigenvalue weighted by Crippen LogP contribution is -1.80. The second kappa shape index (κ2) is 4.46. The van der Waals surface area contributed by atoms with Crippen LogP contribution in [-0.4, -0.2) is 9.97 Å². The molecule has 0 aliphatic carbocycles. The summed E-state index contributed by atoms with van der Waals surface area (Å²) < 4.78 is 0. The highest BCUT2D eigenvalue weighted by Crippen LogP contribution is 2.22. The normalized spacial score (nSPS) is 11.0. The summed E-state index contributed by atoms with van der Waals surface area (Å²) in [5, 5.41) is 0. The van der Waals surface area contributed by atoms with Crippen LogP contribution in [0.25, 0.3) is 22.4 Å². The highest BCUT2D eigenvalue weighted by atomic mass is 35.5. The van der Waals surface area contributed by atoms with E-state index in [1.807, 2.05) is 18.2 Å². The van der Waals surface area contributed by atoms with Gasteiger partial charge in [-0.05, 0) is 30.7 Å². The minimum Gasteiger partial charge on any atom is -0.338 e. The van der Waals surface area contributed by atoms with Gasteiger partial charge in [-0.25, -0.2) is 4.98 Å². The van der Waals surface area contributed by atoms with E-state index in [1.54, 1.807) is 0 Å². The lowest BCUT2D eigenvalue weighted by molar-refractivity contribution is 1.32. The first kappa shape index (κ1) is 11.3. The van der Waals surface area contributed by atoms with E-state index in [0.29, 0.717) is 5.88 Å². The number of nitrogens with zero attached hydrogens (tertiary/aromatic N) is 1. The molecule has 1 heterocycles. The van der Waals surface area contributed by atoms with E-state index in [-0.39, 0.29) is 0 Å². The maximum Gasteiger partial charge on any atom is 0.138 e. The van der Waals surface area contributed by atoms with Gasteiger partial charge in [0.2, 0.25) is 0 Å². The zero-order valence-corrected chi connectivity index (χ0v) is 10.8. The van der Waals surface area contributed by atoms with Gasteiger partial charge in [0.05, 0.1) is 11.0 Å². The second-order valence-electron chi connectivity index (χ2n) is 4.44. The van der Waals surface area contributed by atoms with Crippen molar-refractivity contribution in [2.24, 2.45) is 0 Å². The molecule has 2 nitrogen and oxygen atoms in total. The van der Waals surface area contributed by atoms with Crippen LogP contribution in [0.3, 0.4) is 0 Å². The van der Waals surface area contributed by atoms with Gasteiger partial charge in [-0.2, -0.15) is 0 Å². The van der Waals surface area contributed by atoms with E-state index >= 15 is 0 Å². The molecular formula is C15H13ClN2. The zero-order chi connectivity index (χ0) is 12.5. The predicted octanol–water partition coefficient (Wildman–Crippen LogP) is 4.28. The van der Waals surface area contributed by atoms with E-state index in [1.165, 1.54) is 5.56 Å². The molecule has 0 fully saturated rings. The molecule has 0 aliphatic rings. The number of rotatable bonds is 2. The smallest absolute Gasteiger partial charge is 0.138 e. The molecule has 0 atom stereocenters. The molecule has 0 aliphatic heterocycles. The number of fused-ring (bicyclic) bond motifs is 1. The van der Waals surface area contributed by atoms with E-state index in [9.17, 15) is 0 Å². The van der Waals surface area contributed by atoms with Crippen molar-refractivity contribution < 1.29 is 0 Å². The minimum absolute atomic E-state index is 0.523. The van der Waals surface area contributed by atoms with Gasteiger partial charge >= 0.3 is 0 Å². The summed E-state index contributed by atoms with van der Waals surface area (Å²) in [7, 11) is 0. The van der Waals surface area contributed by atoms with Crippen LogP contribution in [0.5, 0.6) is 0 Å². The van der Waals surface area contributed by atoms with Crippen molar-refractivity contribution >= 4 is 22.6 Å². The first-order valence-corrected chi connectivity index (χ1v) is 6.41. The maximum absolute atomic E-state index is 5.84. The van der Waals surface area contributed by atoms with Crippen LogP contribution in [0.2, 0.25) is 0 Å². The standard InChI is InChI=1S/C15H13ClN2/c1-10-3-2-4-12(7-10)15-17-13-6-5-11(9-16)8-14(13)18-15/h2-8H,9H2,1H3,(H,17,18). The number of benzene rings is 2. The van der Waals surface area contributed by atoms with Crippen molar-refractivity contribution in [2.75, 3.05) is 0 Å². The third kappa shape index (κ3) is 2.00. The predicted molar refractivity (Wildman–Crippen MR) is 75.8 cm³/mol. The number of alkyl halides is 1. The van der Waals surface area contributed by atoms with Gasteiger partial charge in [0.1, 0.15) is 5.82 Å². The van der Waals surface area contributed by atoms with E-state index in [4.69, 9.17) is 11.6 Å². The number of hydrogen-bond acceptors (Lipinski definition) is 1. The summed E-state index contributed by atoms with van der Waals surface area (Å²) in [6.45, 7) is 2.08. The lowest BCUT2D eigenvalue weighted by atomic mass is 10.1. The molecule has 2 aromatic carbocycles. The number of halogens is 1. The fourth-order valence-electron chi connectivity index (χ4n) is 2.07. The number of aromatic nitrogens is 2. The summed E-state index contributed by atoms with van der Waals surface area (Å²) in [6, 6.07) is 14.4. The molecule has 0 saturated carbocycles. The number of imidazole rings is 1. The summed E-state index contributed by atoms with van der Waals surface area (Å²) in [5.41, 5.74) is 5.45. The monoisotopic (exact) mass is 256 g/mol. The van der Waals surface area contributed by atoms with Crippen LogP contribution >= 0.6 is 11.6 Å². The van der Waals surface area contributed by atoms with Gasteiger partial charge in [-0.15, -0.1) is 11.6 Å². The highest BCUT2D eigenvalue weighted by Gasteiger charge is 2.05. The zero-order valence-electron chi connectivity index (χ0n) is 10.1. The molecule has 3 rings (SSSR count). The Morgan fingerprint density at radius 2 is 2.06 bits per heavy atom. The molecule has 0 unspecified atom stereocenters. The Hall–Kier alpha value is -1.80. The van der Waals surface area contributed by atoms with Crippen LogP contribution in [0, 0.1) is 6.92 Å². The Morgan fingerprint density at radius 1 is 1.17 bits per heavy atom. The molecule has 0 spiro atoms. The Kier molecular flexibility index (Phi) is 2.80. The van der Waals surface area contributed by atoms with Crippen LogP contribution in [-0.2, 0) is 5.88 Å². The molecule has 0 bridgehead atoms. The number of aromatic amines is 1. The average Bonchev–Trinajstić information content (AvgIpc) is 2.81. The molecule has 18 heavy (non-hydrogen) atoms. The van der Waals surface area contributed by atoms with Gasteiger partial charge in [-0.1, -0.05) is 29.8 Å². The fraction of sp³-hybridized carbons (Fsp3) is 0.133. The average molecular weight is 257 g/mol. The Labute approximate surface area is 111 Å². The second-order valence-corrected chi connectivity index (χ2v) is 4.71.